The molecule has 0 amide bonds. The Hall–Kier alpha value is -2.75. The molecule has 0 N–H and O–H groups in total. The molecule has 0 aliphatic carbocycles. The van der Waals surface area contributed by atoms with E-state index in [9.17, 15) is 14.9 Å². The van der Waals surface area contributed by atoms with E-state index in [0.717, 1.165) is 13.2 Å². The van der Waals surface area contributed by atoms with E-state index < -0.39 is 16.6 Å². The summed E-state index contributed by atoms with van der Waals surface area (Å²) in [7, 11) is 2.46. The molecule has 7 nitrogen and oxygen atoms in total. The standard InChI is InChI=1S/C12H11NO6/c1-4-5-19-11-7-9(13(15)16)8(12(14)18-3)6-10(11)17-2/h1,6-7H,5H2,2-3H3. The summed E-state index contributed by atoms with van der Waals surface area (Å²) in [5.41, 5.74) is -0.669. The van der Waals surface area contributed by atoms with Gasteiger partial charge in [-0.25, -0.2) is 4.79 Å². The van der Waals surface area contributed by atoms with Gasteiger partial charge in [0.05, 0.1) is 25.2 Å². The number of nitrogens with zero attached hydrogens (tertiary/aromatic N) is 1. The number of hydrogen-bond acceptors (Lipinski definition) is 6. The van der Waals surface area contributed by atoms with Gasteiger partial charge in [-0.1, -0.05) is 5.92 Å². The van der Waals surface area contributed by atoms with Crippen LogP contribution in [0.25, 0.3) is 0 Å². The Morgan fingerprint density at radius 3 is 2.58 bits per heavy atom. The number of carbonyl (C=O) groups is 1. The van der Waals surface area contributed by atoms with E-state index in [-0.39, 0.29) is 23.7 Å². The zero-order valence-electron chi connectivity index (χ0n) is 10.3. The quantitative estimate of drug-likeness (QED) is 0.346. The average molecular weight is 265 g/mol. The number of benzene rings is 1. The van der Waals surface area contributed by atoms with E-state index in [0.29, 0.717) is 0 Å². The third kappa shape index (κ3) is 3.13. The van der Waals surface area contributed by atoms with Crippen LogP contribution in [0.4, 0.5) is 5.69 Å². The van der Waals surface area contributed by atoms with Crippen LogP contribution in [-0.2, 0) is 4.74 Å². The van der Waals surface area contributed by atoms with Gasteiger partial charge in [-0.2, -0.15) is 0 Å². The summed E-state index contributed by atoms with van der Waals surface area (Å²) < 4.78 is 14.6. The molecule has 0 radical (unpaired) electrons. The van der Waals surface area contributed by atoms with Gasteiger partial charge in [-0.05, 0) is 0 Å². The number of nitro benzene ring substituents is 1. The summed E-state index contributed by atoms with van der Waals surface area (Å²) in [5.74, 6) is 1.62. The summed E-state index contributed by atoms with van der Waals surface area (Å²) in [4.78, 5) is 21.7. The first kappa shape index (κ1) is 14.3. The Morgan fingerprint density at radius 2 is 2.11 bits per heavy atom. The third-order valence-corrected chi connectivity index (χ3v) is 2.19. The highest BCUT2D eigenvalue weighted by atomic mass is 16.6. The molecule has 0 bridgehead atoms. The van der Waals surface area contributed by atoms with Crippen LogP contribution in [0.5, 0.6) is 11.5 Å². The fraction of sp³-hybridized carbons (Fsp3) is 0.250. The maximum atomic E-state index is 11.5. The van der Waals surface area contributed by atoms with Gasteiger partial charge in [-0.15, -0.1) is 6.42 Å². The van der Waals surface area contributed by atoms with Crippen LogP contribution in [0.2, 0.25) is 0 Å². The van der Waals surface area contributed by atoms with E-state index in [1.807, 2.05) is 0 Å². The molecule has 100 valence electrons. The van der Waals surface area contributed by atoms with Gasteiger partial charge in [-0.3, -0.25) is 10.1 Å². The molecular formula is C12H11NO6. The lowest BCUT2D eigenvalue weighted by molar-refractivity contribution is -0.385. The maximum Gasteiger partial charge on any atom is 0.345 e. The largest absolute Gasteiger partial charge is 0.493 e. The van der Waals surface area contributed by atoms with Crippen molar-refractivity contribution < 1.29 is 23.9 Å². The monoisotopic (exact) mass is 265 g/mol. The normalized spacial score (nSPS) is 9.32. The molecule has 0 spiro atoms. The first-order valence-electron chi connectivity index (χ1n) is 5.06. The topological polar surface area (TPSA) is 87.9 Å². The van der Waals surface area contributed by atoms with Crippen molar-refractivity contribution in [2.24, 2.45) is 0 Å². The third-order valence-electron chi connectivity index (χ3n) is 2.19. The van der Waals surface area contributed by atoms with Crippen molar-refractivity contribution in [1.82, 2.24) is 0 Å². The van der Waals surface area contributed by atoms with Gasteiger partial charge in [0, 0.05) is 6.07 Å². The molecule has 0 unspecified atom stereocenters. The number of terminal acetylenes is 1. The molecule has 19 heavy (non-hydrogen) atoms. The Labute approximate surface area is 109 Å². The van der Waals surface area contributed by atoms with Gasteiger partial charge in [0.1, 0.15) is 12.2 Å². The summed E-state index contributed by atoms with van der Waals surface area (Å²) in [6, 6.07) is 2.25. The van der Waals surface area contributed by atoms with E-state index in [1.165, 1.54) is 13.2 Å². The van der Waals surface area contributed by atoms with Crippen LogP contribution in [0, 0.1) is 22.5 Å². The van der Waals surface area contributed by atoms with Crippen LogP contribution in [0.3, 0.4) is 0 Å². The number of carbonyl (C=O) groups excluding carboxylic acids is 1. The minimum atomic E-state index is -0.839. The van der Waals surface area contributed by atoms with Crippen LogP contribution in [0.15, 0.2) is 12.1 Å². The number of esters is 1. The highest BCUT2D eigenvalue weighted by Crippen LogP contribution is 2.34. The maximum absolute atomic E-state index is 11.5. The Kier molecular flexibility index (Phi) is 4.71. The number of hydrogen-bond donors (Lipinski definition) is 0. The smallest absolute Gasteiger partial charge is 0.345 e. The van der Waals surface area contributed by atoms with Crippen molar-refractivity contribution in [3.63, 3.8) is 0 Å². The van der Waals surface area contributed by atoms with Crippen LogP contribution < -0.4 is 9.47 Å². The Morgan fingerprint density at radius 1 is 1.42 bits per heavy atom. The van der Waals surface area contributed by atoms with Crippen molar-refractivity contribution in [1.29, 1.82) is 0 Å². The number of ether oxygens (including phenoxy) is 3. The molecule has 0 atom stereocenters. The molecule has 0 aliphatic rings. The van der Waals surface area contributed by atoms with Gasteiger partial charge in [0.25, 0.3) is 5.69 Å². The Bertz CT molecular complexity index is 546. The molecule has 7 heteroatoms. The lowest BCUT2D eigenvalue weighted by Crippen LogP contribution is -2.07. The SMILES string of the molecule is C#CCOc1cc([N+](=O)[O-])c(C(=O)OC)cc1OC. The van der Waals surface area contributed by atoms with Gasteiger partial charge in [0.15, 0.2) is 11.5 Å². The van der Waals surface area contributed by atoms with Crippen molar-refractivity contribution in [2.75, 3.05) is 20.8 Å². The highest BCUT2D eigenvalue weighted by Gasteiger charge is 2.25. The molecule has 1 aromatic rings. The lowest BCUT2D eigenvalue weighted by Gasteiger charge is -2.10. The predicted octanol–water partition coefficient (Wildman–Crippen LogP) is 1.40. The molecular weight excluding hydrogens is 254 g/mol. The average Bonchev–Trinajstić information content (AvgIpc) is 2.42. The molecule has 0 saturated carbocycles. The summed E-state index contributed by atoms with van der Waals surface area (Å²) in [6.07, 6.45) is 5.04. The van der Waals surface area contributed by atoms with E-state index in [4.69, 9.17) is 15.9 Å². The fourth-order valence-electron chi connectivity index (χ4n) is 1.37. The van der Waals surface area contributed by atoms with Crippen LogP contribution in [0.1, 0.15) is 10.4 Å². The van der Waals surface area contributed by atoms with E-state index in [1.54, 1.807) is 0 Å². The summed E-state index contributed by atoms with van der Waals surface area (Å²) in [5, 5.41) is 10.9. The number of nitro groups is 1. The van der Waals surface area contributed by atoms with E-state index in [2.05, 4.69) is 10.7 Å². The van der Waals surface area contributed by atoms with Crippen LogP contribution >= 0.6 is 0 Å². The second-order valence-corrected chi connectivity index (χ2v) is 3.26. The molecule has 0 saturated heterocycles. The molecule has 0 aliphatic heterocycles. The Balaban J connectivity index is 3.38. The highest BCUT2D eigenvalue weighted by molar-refractivity contribution is 5.94. The first-order valence-corrected chi connectivity index (χ1v) is 5.06. The zero-order chi connectivity index (χ0) is 14.4. The van der Waals surface area contributed by atoms with E-state index >= 15 is 0 Å². The fourth-order valence-corrected chi connectivity index (χ4v) is 1.37. The summed E-state index contributed by atoms with van der Waals surface area (Å²) >= 11 is 0. The van der Waals surface area contributed by atoms with Gasteiger partial charge < -0.3 is 14.2 Å². The lowest BCUT2D eigenvalue weighted by atomic mass is 10.1. The van der Waals surface area contributed by atoms with Crippen molar-refractivity contribution >= 4 is 11.7 Å². The minimum Gasteiger partial charge on any atom is -0.493 e. The summed E-state index contributed by atoms with van der Waals surface area (Å²) in [6.45, 7) is -0.0783. The molecule has 0 aromatic heterocycles. The molecule has 0 fully saturated rings. The van der Waals surface area contributed by atoms with Gasteiger partial charge >= 0.3 is 5.97 Å². The predicted molar refractivity (Wildman–Crippen MR) is 65.3 cm³/mol. The first-order chi connectivity index (χ1) is 9.04. The minimum absolute atomic E-state index is 0.0783. The molecule has 1 aromatic carbocycles. The number of rotatable bonds is 5. The van der Waals surface area contributed by atoms with Crippen molar-refractivity contribution in [3.8, 4) is 23.8 Å². The molecule has 0 heterocycles. The van der Waals surface area contributed by atoms with Crippen molar-refractivity contribution in [3.05, 3.63) is 27.8 Å². The zero-order valence-corrected chi connectivity index (χ0v) is 10.3. The van der Waals surface area contributed by atoms with Crippen molar-refractivity contribution in [2.45, 2.75) is 0 Å². The second kappa shape index (κ2) is 6.26. The van der Waals surface area contributed by atoms with Crippen LogP contribution in [-0.4, -0.2) is 31.7 Å². The second-order valence-electron chi connectivity index (χ2n) is 3.26. The van der Waals surface area contributed by atoms with Gasteiger partial charge in [0.2, 0.25) is 0 Å². The molecule has 1 rings (SSSR count). The number of methoxy groups -OCH3 is 2.